The van der Waals surface area contributed by atoms with Gasteiger partial charge in [-0.1, -0.05) is 6.07 Å². The van der Waals surface area contributed by atoms with E-state index < -0.39 is 23.4 Å². The molecule has 1 fully saturated rings. The van der Waals surface area contributed by atoms with E-state index in [-0.39, 0.29) is 33.8 Å². The molecule has 0 bridgehead atoms. The minimum atomic E-state index is -4.74. The van der Waals surface area contributed by atoms with Crippen LogP contribution in [-0.2, 0) is 17.5 Å². The first kappa shape index (κ1) is 24.9. The van der Waals surface area contributed by atoms with Crippen LogP contribution in [0.25, 0.3) is 6.08 Å². The smallest absolute Gasteiger partial charge is 0.420 e. The Morgan fingerprint density at radius 1 is 1.03 bits per heavy atom. The van der Waals surface area contributed by atoms with Crippen LogP contribution in [0.5, 0.6) is 17.2 Å². The SMILES string of the molecule is COc1cc(/C=C2\SC(=O)N(CCn3cccc3)C2=O)ccc1Oc1ccc(C#N)cc1C(F)(F)F. The van der Waals surface area contributed by atoms with Gasteiger partial charge < -0.3 is 14.0 Å². The number of amides is 2. The van der Waals surface area contributed by atoms with E-state index in [4.69, 9.17) is 14.7 Å². The molecule has 7 nitrogen and oxygen atoms in total. The Morgan fingerprint density at radius 2 is 1.75 bits per heavy atom. The summed E-state index contributed by atoms with van der Waals surface area (Å²) in [6.45, 7) is 0.687. The van der Waals surface area contributed by atoms with Crippen molar-refractivity contribution in [2.45, 2.75) is 12.7 Å². The Balaban J connectivity index is 1.55. The number of nitrogens with zero attached hydrogens (tertiary/aromatic N) is 3. The molecule has 184 valence electrons. The number of ether oxygens (including phenoxy) is 2. The number of hydrogen-bond donors (Lipinski definition) is 0. The topological polar surface area (TPSA) is 84.6 Å². The molecule has 1 saturated heterocycles. The minimum absolute atomic E-state index is 0.00434. The van der Waals surface area contributed by atoms with Crippen LogP contribution < -0.4 is 9.47 Å². The zero-order chi connectivity index (χ0) is 25.9. The van der Waals surface area contributed by atoms with Crippen molar-refractivity contribution in [2.75, 3.05) is 13.7 Å². The first-order valence-electron chi connectivity index (χ1n) is 10.5. The second-order valence-electron chi connectivity index (χ2n) is 7.59. The molecule has 2 amide bonds. The van der Waals surface area contributed by atoms with Crippen LogP contribution in [0.3, 0.4) is 0 Å². The van der Waals surface area contributed by atoms with E-state index in [0.29, 0.717) is 18.2 Å². The Hall–Kier alpha value is -4.17. The normalized spacial score (nSPS) is 14.9. The summed E-state index contributed by atoms with van der Waals surface area (Å²) in [5.74, 6) is -0.794. The fourth-order valence-corrected chi connectivity index (χ4v) is 4.33. The molecule has 1 aliphatic heterocycles. The maximum absolute atomic E-state index is 13.5. The molecule has 2 aromatic carbocycles. The van der Waals surface area contributed by atoms with Crippen LogP contribution in [0.4, 0.5) is 18.0 Å². The zero-order valence-corrected chi connectivity index (χ0v) is 19.6. The molecule has 0 radical (unpaired) electrons. The lowest BCUT2D eigenvalue weighted by Gasteiger charge is -2.16. The molecule has 36 heavy (non-hydrogen) atoms. The van der Waals surface area contributed by atoms with E-state index in [1.807, 2.05) is 29.1 Å². The van der Waals surface area contributed by atoms with Gasteiger partial charge in [-0.25, -0.2) is 0 Å². The number of carbonyl (C=O) groups is 2. The molecule has 0 saturated carbocycles. The molecule has 1 aromatic heterocycles. The number of alkyl halides is 3. The second-order valence-corrected chi connectivity index (χ2v) is 8.58. The van der Waals surface area contributed by atoms with Crippen LogP contribution in [0.15, 0.2) is 65.8 Å². The molecule has 0 spiro atoms. The van der Waals surface area contributed by atoms with Crippen LogP contribution >= 0.6 is 11.8 Å². The van der Waals surface area contributed by atoms with Gasteiger partial charge in [0.05, 0.1) is 29.2 Å². The Kier molecular flexibility index (Phi) is 7.07. The molecular weight excluding hydrogens is 495 g/mol. The standard InChI is InChI=1S/C25H18F3N3O4S/c1-34-21-13-16(14-22-23(32)31(24(33)36-22)11-10-30-8-2-3-9-30)4-7-20(21)35-19-6-5-17(15-29)12-18(19)25(26,27)28/h2-9,12-14H,10-11H2,1H3/b22-14-. The number of nitriles is 1. The van der Waals surface area contributed by atoms with Gasteiger partial charge in [0.1, 0.15) is 5.75 Å². The molecule has 2 heterocycles. The summed E-state index contributed by atoms with van der Waals surface area (Å²) in [7, 11) is 1.32. The van der Waals surface area contributed by atoms with E-state index in [9.17, 15) is 22.8 Å². The maximum Gasteiger partial charge on any atom is 0.420 e. The highest BCUT2D eigenvalue weighted by Crippen LogP contribution is 2.41. The summed E-state index contributed by atoms with van der Waals surface area (Å²) in [6, 6.07) is 12.8. The highest BCUT2D eigenvalue weighted by atomic mass is 32.2. The van der Waals surface area contributed by atoms with E-state index in [1.54, 1.807) is 6.07 Å². The third-order valence-electron chi connectivity index (χ3n) is 5.24. The predicted octanol–water partition coefficient (Wildman–Crippen LogP) is 5.92. The van der Waals surface area contributed by atoms with Crippen molar-refractivity contribution in [1.82, 2.24) is 9.47 Å². The second kappa shape index (κ2) is 10.2. The Bertz CT molecular complexity index is 1380. The number of carbonyl (C=O) groups excluding carboxylic acids is 2. The monoisotopic (exact) mass is 513 g/mol. The van der Waals surface area contributed by atoms with E-state index >= 15 is 0 Å². The Labute approximate surface area is 208 Å². The summed E-state index contributed by atoms with van der Waals surface area (Å²) >= 11 is 0.808. The molecule has 0 aliphatic carbocycles. The van der Waals surface area contributed by atoms with Gasteiger partial charge in [0.25, 0.3) is 11.1 Å². The van der Waals surface area contributed by atoms with E-state index in [2.05, 4.69) is 0 Å². The van der Waals surface area contributed by atoms with E-state index in [0.717, 1.165) is 22.7 Å². The van der Waals surface area contributed by atoms with Crippen molar-refractivity contribution >= 4 is 29.0 Å². The quantitative estimate of drug-likeness (QED) is 0.365. The Morgan fingerprint density at radius 3 is 2.42 bits per heavy atom. The van der Waals surface area contributed by atoms with Crippen molar-refractivity contribution in [2.24, 2.45) is 0 Å². The van der Waals surface area contributed by atoms with Gasteiger partial charge in [-0.15, -0.1) is 0 Å². The third kappa shape index (κ3) is 5.39. The molecule has 3 aromatic rings. The lowest BCUT2D eigenvalue weighted by molar-refractivity contribution is -0.138. The number of imide groups is 1. The largest absolute Gasteiger partial charge is 0.493 e. The summed E-state index contributed by atoms with van der Waals surface area (Å²) in [5, 5.41) is 8.54. The molecule has 1 aliphatic rings. The van der Waals surface area contributed by atoms with Crippen molar-refractivity contribution in [3.8, 4) is 23.3 Å². The van der Waals surface area contributed by atoms with Gasteiger partial charge in [-0.05, 0) is 65.9 Å². The molecule has 0 unspecified atom stereocenters. The van der Waals surface area contributed by atoms with Gasteiger partial charge in [0.15, 0.2) is 11.5 Å². The predicted molar refractivity (Wildman–Crippen MR) is 126 cm³/mol. The summed E-state index contributed by atoms with van der Waals surface area (Å²) in [5.41, 5.74) is -0.758. The number of halogens is 3. The summed E-state index contributed by atoms with van der Waals surface area (Å²) < 4.78 is 53.1. The van der Waals surface area contributed by atoms with Gasteiger partial charge in [-0.3, -0.25) is 14.5 Å². The van der Waals surface area contributed by atoms with Gasteiger partial charge >= 0.3 is 6.18 Å². The first-order chi connectivity index (χ1) is 17.2. The number of hydrogen-bond acceptors (Lipinski definition) is 6. The number of thioether (sulfide) groups is 1. The number of methoxy groups -OCH3 is 1. The van der Waals surface area contributed by atoms with Gasteiger partial charge in [-0.2, -0.15) is 18.4 Å². The lowest BCUT2D eigenvalue weighted by Crippen LogP contribution is -2.31. The van der Waals surface area contributed by atoms with E-state index in [1.165, 1.54) is 37.5 Å². The summed E-state index contributed by atoms with van der Waals surface area (Å²) in [4.78, 5) is 26.5. The fourth-order valence-electron chi connectivity index (χ4n) is 3.47. The molecule has 11 heteroatoms. The lowest BCUT2D eigenvalue weighted by atomic mass is 10.1. The van der Waals surface area contributed by atoms with Crippen molar-refractivity contribution < 1.29 is 32.2 Å². The van der Waals surface area contributed by atoms with Crippen molar-refractivity contribution in [1.29, 1.82) is 5.26 Å². The molecular formula is C25H18F3N3O4S. The number of aromatic nitrogens is 1. The van der Waals surface area contributed by atoms with Crippen LogP contribution in [0.1, 0.15) is 16.7 Å². The van der Waals surface area contributed by atoms with Gasteiger partial charge in [0, 0.05) is 25.5 Å². The maximum atomic E-state index is 13.5. The molecule has 0 atom stereocenters. The number of rotatable bonds is 7. The van der Waals surface area contributed by atoms with Crippen LogP contribution in [-0.4, -0.2) is 34.3 Å². The summed E-state index contributed by atoms with van der Waals surface area (Å²) in [6.07, 6.45) is 0.441. The average molecular weight is 513 g/mol. The highest BCUT2D eigenvalue weighted by molar-refractivity contribution is 8.18. The fraction of sp³-hybridized carbons (Fsp3) is 0.160. The van der Waals surface area contributed by atoms with Crippen LogP contribution in [0, 0.1) is 11.3 Å². The zero-order valence-electron chi connectivity index (χ0n) is 18.8. The molecule has 0 N–H and O–H groups in total. The average Bonchev–Trinajstić information content (AvgIpc) is 3.46. The van der Waals surface area contributed by atoms with Crippen LogP contribution in [0.2, 0.25) is 0 Å². The van der Waals surface area contributed by atoms with Crippen molar-refractivity contribution in [3.63, 3.8) is 0 Å². The molecule has 4 rings (SSSR count). The minimum Gasteiger partial charge on any atom is -0.493 e. The van der Waals surface area contributed by atoms with Crippen molar-refractivity contribution in [3.05, 3.63) is 82.5 Å². The number of benzene rings is 2. The van der Waals surface area contributed by atoms with Gasteiger partial charge in [0.2, 0.25) is 0 Å². The highest BCUT2D eigenvalue weighted by Gasteiger charge is 2.36. The third-order valence-corrected chi connectivity index (χ3v) is 6.15. The first-order valence-corrected chi connectivity index (χ1v) is 11.3.